The molecule has 1 saturated heterocycles. The Hall–Kier alpha value is -0.840. The van der Waals surface area contributed by atoms with Gasteiger partial charge in [0.2, 0.25) is 0 Å². The molecule has 1 aromatic heterocycles. The highest BCUT2D eigenvalue weighted by Gasteiger charge is 2.16. The number of furan rings is 1. The van der Waals surface area contributed by atoms with Crippen molar-refractivity contribution in [3.05, 3.63) is 23.7 Å². The SMILES string of the molecule is CCN1CCN(Cc2ccc(CN)o2)CC1. The van der Waals surface area contributed by atoms with Gasteiger partial charge in [0, 0.05) is 26.2 Å². The van der Waals surface area contributed by atoms with Gasteiger partial charge in [-0.25, -0.2) is 0 Å². The first-order chi connectivity index (χ1) is 7.81. The van der Waals surface area contributed by atoms with Gasteiger partial charge in [0.25, 0.3) is 0 Å². The normalized spacial score (nSPS) is 19.1. The van der Waals surface area contributed by atoms with Crippen LogP contribution in [0.2, 0.25) is 0 Å². The molecule has 2 N–H and O–H groups in total. The van der Waals surface area contributed by atoms with Gasteiger partial charge in [-0.2, -0.15) is 0 Å². The number of likely N-dealkylation sites (N-methyl/N-ethyl adjacent to an activating group) is 1. The van der Waals surface area contributed by atoms with E-state index in [1.54, 1.807) is 0 Å². The van der Waals surface area contributed by atoms with Gasteiger partial charge in [0.1, 0.15) is 11.5 Å². The van der Waals surface area contributed by atoms with E-state index in [0.717, 1.165) is 37.7 Å². The zero-order valence-corrected chi connectivity index (χ0v) is 9.98. The van der Waals surface area contributed by atoms with E-state index in [9.17, 15) is 0 Å². The smallest absolute Gasteiger partial charge is 0.118 e. The molecule has 4 heteroatoms. The van der Waals surface area contributed by atoms with Gasteiger partial charge in [-0.3, -0.25) is 4.90 Å². The van der Waals surface area contributed by atoms with Gasteiger partial charge in [-0.15, -0.1) is 0 Å². The first-order valence-electron chi connectivity index (χ1n) is 6.04. The molecule has 16 heavy (non-hydrogen) atoms. The van der Waals surface area contributed by atoms with Gasteiger partial charge >= 0.3 is 0 Å². The molecule has 2 rings (SSSR count). The monoisotopic (exact) mass is 223 g/mol. The van der Waals surface area contributed by atoms with Crippen LogP contribution in [-0.4, -0.2) is 42.5 Å². The predicted molar refractivity (Wildman–Crippen MR) is 64.0 cm³/mol. The van der Waals surface area contributed by atoms with Crippen LogP contribution in [0.25, 0.3) is 0 Å². The zero-order valence-electron chi connectivity index (χ0n) is 9.98. The Morgan fingerprint density at radius 2 is 1.75 bits per heavy atom. The maximum Gasteiger partial charge on any atom is 0.118 e. The van der Waals surface area contributed by atoms with Gasteiger partial charge < -0.3 is 15.1 Å². The lowest BCUT2D eigenvalue weighted by atomic mass is 10.3. The van der Waals surface area contributed by atoms with Crippen LogP contribution in [0.4, 0.5) is 0 Å². The molecular weight excluding hydrogens is 202 g/mol. The predicted octanol–water partition coefficient (Wildman–Crippen LogP) is 0.876. The third kappa shape index (κ3) is 2.84. The van der Waals surface area contributed by atoms with Crippen molar-refractivity contribution in [1.82, 2.24) is 9.80 Å². The lowest BCUT2D eigenvalue weighted by molar-refractivity contribution is 0.125. The van der Waals surface area contributed by atoms with E-state index in [4.69, 9.17) is 10.2 Å². The molecule has 1 aliphatic heterocycles. The molecule has 1 aromatic rings. The minimum absolute atomic E-state index is 0.490. The van der Waals surface area contributed by atoms with Crippen molar-refractivity contribution in [2.45, 2.75) is 20.0 Å². The van der Waals surface area contributed by atoms with E-state index in [0.29, 0.717) is 6.54 Å². The maximum atomic E-state index is 5.61. The summed E-state index contributed by atoms with van der Waals surface area (Å²) in [4.78, 5) is 4.91. The fourth-order valence-electron chi connectivity index (χ4n) is 2.10. The molecule has 4 nitrogen and oxygen atoms in total. The topological polar surface area (TPSA) is 45.6 Å². The number of rotatable bonds is 4. The third-order valence-electron chi connectivity index (χ3n) is 3.21. The molecule has 0 spiro atoms. The highest BCUT2D eigenvalue weighted by molar-refractivity contribution is 5.06. The highest BCUT2D eigenvalue weighted by atomic mass is 16.3. The Bertz CT molecular complexity index is 316. The van der Waals surface area contributed by atoms with E-state index in [1.165, 1.54) is 13.1 Å². The van der Waals surface area contributed by atoms with Crippen LogP contribution in [-0.2, 0) is 13.1 Å². The number of hydrogen-bond acceptors (Lipinski definition) is 4. The van der Waals surface area contributed by atoms with Crippen LogP contribution < -0.4 is 5.73 Å². The number of nitrogens with two attached hydrogens (primary N) is 1. The van der Waals surface area contributed by atoms with Crippen LogP contribution in [0.5, 0.6) is 0 Å². The van der Waals surface area contributed by atoms with E-state index in [-0.39, 0.29) is 0 Å². The molecule has 0 amide bonds. The quantitative estimate of drug-likeness (QED) is 0.823. The molecule has 0 saturated carbocycles. The first-order valence-corrected chi connectivity index (χ1v) is 6.04. The van der Waals surface area contributed by atoms with Crippen molar-refractivity contribution < 1.29 is 4.42 Å². The van der Waals surface area contributed by atoms with Gasteiger partial charge in [-0.1, -0.05) is 6.92 Å². The molecule has 0 radical (unpaired) electrons. The van der Waals surface area contributed by atoms with Crippen molar-refractivity contribution in [3.8, 4) is 0 Å². The minimum Gasteiger partial charge on any atom is -0.463 e. The van der Waals surface area contributed by atoms with Gasteiger partial charge in [0.15, 0.2) is 0 Å². The molecule has 0 aromatic carbocycles. The fourth-order valence-corrected chi connectivity index (χ4v) is 2.10. The van der Waals surface area contributed by atoms with E-state index in [2.05, 4.69) is 16.7 Å². The molecule has 0 unspecified atom stereocenters. The molecule has 0 atom stereocenters. The van der Waals surface area contributed by atoms with Gasteiger partial charge in [0.05, 0.1) is 13.1 Å². The lowest BCUT2D eigenvalue weighted by Gasteiger charge is -2.33. The van der Waals surface area contributed by atoms with Crippen molar-refractivity contribution in [1.29, 1.82) is 0 Å². The van der Waals surface area contributed by atoms with E-state index < -0.39 is 0 Å². The summed E-state index contributed by atoms with van der Waals surface area (Å²) >= 11 is 0. The summed E-state index contributed by atoms with van der Waals surface area (Å²) in [5.74, 6) is 1.91. The second kappa shape index (κ2) is 5.48. The fraction of sp³-hybridized carbons (Fsp3) is 0.667. The average Bonchev–Trinajstić information content (AvgIpc) is 2.78. The Morgan fingerprint density at radius 1 is 1.12 bits per heavy atom. The third-order valence-corrected chi connectivity index (χ3v) is 3.21. The van der Waals surface area contributed by atoms with E-state index >= 15 is 0 Å². The van der Waals surface area contributed by atoms with Crippen LogP contribution in [0.15, 0.2) is 16.5 Å². The van der Waals surface area contributed by atoms with Crippen molar-refractivity contribution in [2.75, 3.05) is 32.7 Å². The summed E-state index contributed by atoms with van der Waals surface area (Å²) in [6.45, 7) is 9.38. The standard InChI is InChI=1S/C12H21N3O/c1-2-14-5-7-15(8-6-14)10-12-4-3-11(9-13)16-12/h3-4H,2,5-10,13H2,1H3. The molecule has 0 aliphatic carbocycles. The second-order valence-electron chi connectivity index (χ2n) is 4.28. The summed E-state index contributed by atoms with van der Waals surface area (Å²) < 4.78 is 5.61. The Kier molecular flexibility index (Phi) is 3.98. The molecular formula is C12H21N3O. The summed E-state index contributed by atoms with van der Waals surface area (Å²) in [6, 6.07) is 4.01. The lowest BCUT2D eigenvalue weighted by Crippen LogP contribution is -2.45. The van der Waals surface area contributed by atoms with Crippen LogP contribution in [0, 0.1) is 0 Å². The Balaban J connectivity index is 1.82. The van der Waals surface area contributed by atoms with Crippen LogP contribution in [0.1, 0.15) is 18.4 Å². The number of piperazine rings is 1. The molecule has 90 valence electrons. The first kappa shape index (κ1) is 11.6. The summed E-state index contributed by atoms with van der Waals surface area (Å²) in [7, 11) is 0. The zero-order chi connectivity index (χ0) is 11.4. The molecule has 1 aliphatic rings. The second-order valence-corrected chi connectivity index (χ2v) is 4.28. The van der Waals surface area contributed by atoms with Gasteiger partial charge in [-0.05, 0) is 18.7 Å². The Morgan fingerprint density at radius 3 is 2.31 bits per heavy atom. The number of nitrogens with zero attached hydrogens (tertiary/aromatic N) is 2. The Labute approximate surface area is 97.0 Å². The van der Waals surface area contributed by atoms with Crippen molar-refractivity contribution >= 4 is 0 Å². The molecule has 1 fully saturated rings. The molecule has 0 bridgehead atoms. The molecule has 2 heterocycles. The summed E-state index contributed by atoms with van der Waals surface area (Å²) in [5, 5.41) is 0. The summed E-state index contributed by atoms with van der Waals surface area (Å²) in [6.07, 6.45) is 0. The van der Waals surface area contributed by atoms with Crippen molar-refractivity contribution in [3.63, 3.8) is 0 Å². The van der Waals surface area contributed by atoms with Crippen LogP contribution >= 0.6 is 0 Å². The highest BCUT2D eigenvalue weighted by Crippen LogP contribution is 2.11. The van der Waals surface area contributed by atoms with E-state index in [1.807, 2.05) is 12.1 Å². The van der Waals surface area contributed by atoms with Crippen molar-refractivity contribution in [2.24, 2.45) is 5.73 Å². The average molecular weight is 223 g/mol. The summed E-state index contributed by atoms with van der Waals surface area (Å²) in [5.41, 5.74) is 5.52. The largest absolute Gasteiger partial charge is 0.463 e. The maximum absolute atomic E-state index is 5.61. The minimum atomic E-state index is 0.490. The van der Waals surface area contributed by atoms with Crippen LogP contribution in [0.3, 0.4) is 0 Å². The number of hydrogen-bond donors (Lipinski definition) is 1.